The predicted molar refractivity (Wildman–Crippen MR) is 99.4 cm³/mol. The highest BCUT2D eigenvalue weighted by molar-refractivity contribution is 5.89. The molecule has 0 N–H and O–H groups in total. The number of rotatable bonds is 7. The summed E-state index contributed by atoms with van der Waals surface area (Å²) in [5.74, 6) is -2.27. The van der Waals surface area contributed by atoms with Crippen molar-refractivity contribution in [2.45, 2.75) is 52.3 Å². The molecule has 30 heavy (non-hydrogen) atoms. The molecule has 2 rings (SSSR count). The summed E-state index contributed by atoms with van der Waals surface area (Å²) in [4.78, 5) is 46.6. The number of carbonyl (C=O) groups excluding carboxylic acids is 4. The molecule has 1 aromatic carbocycles. The van der Waals surface area contributed by atoms with Crippen LogP contribution in [0.1, 0.15) is 38.1 Å². The van der Waals surface area contributed by atoms with Crippen molar-refractivity contribution >= 4 is 23.9 Å². The van der Waals surface area contributed by atoms with Gasteiger partial charge in [0.1, 0.15) is 5.75 Å². The summed E-state index contributed by atoms with van der Waals surface area (Å²) in [6.45, 7) is 5.26. The summed E-state index contributed by atoms with van der Waals surface area (Å²) >= 11 is 0. The molecule has 4 atom stereocenters. The average molecular weight is 424 g/mol. The van der Waals surface area contributed by atoms with Gasteiger partial charge in [-0.2, -0.15) is 0 Å². The monoisotopic (exact) mass is 424 g/mol. The van der Waals surface area contributed by atoms with Gasteiger partial charge in [-0.3, -0.25) is 14.4 Å². The summed E-state index contributed by atoms with van der Waals surface area (Å²) < 4.78 is 32.0. The Bertz CT molecular complexity index is 790. The predicted octanol–water partition coefficient (Wildman–Crippen LogP) is 1.39. The van der Waals surface area contributed by atoms with Gasteiger partial charge in [0, 0.05) is 20.8 Å². The molecule has 1 aliphatic rings. The van der Waals surface area contributed by atoms with E-state index in [1.807, 2.05) is 0 Å². The van der Waals surface area contributed by atoms with Crippen molar-refractivity contribution in [3.63, 3.8) is 0 Å². The summed E-state index contributed by atoms with van der Waals surface area (Å²) in [6.07, 6.45) is -4.57. The maximum absolute atomic E-state index is 11.9. The molecule has 1 aromatic rings. The Balaban J connectivity index is 2.28. The molecule has 1 heterocycles. The van der Waals surface area contributed by atoms with E-state index in [2.05, 4.69) is 0 Å². The van der Waals surface area contributed by atoms with E-state index < -0.39 is 48.5 Å². The minimum absolute atomic E-state index is 0.169. The van der Waals surface area contributed by atoms with Crippen LogP contribution >= 0.6 is 0 Å². The van der Waals surface area contributed by atoms with Crippen LogP contribution in [0.4, 0.5) is 0 Å². The highest BCUT2D eigenvalue weighted by Gasteiger charge is 2.48. The minimum Gasteiger partial charge on any atom is -0.462 e. The van der Waals surface area contributed by atoms with E-state index in [0.29, 0.717) is 0 Å². The van der Waals surface area contributed by atoms with E-state index in [-0.39, 0.29) is 24.5 Å². The molecule has 0 unspecified atom stereocenters. The van der Waals surface area contributed by atoms with Crippen molar-refractivity contribution in [2.24, 2.45) is 0 Å². The molecule has 0 radical (unpaired) electrons. The molecule has 0 saturated carbocycles. The number of carbonyl (C=O) groups is 4. The number of esters is 4. The number of hydrogen-bond donors (Lipinski definition) is 0. The van der Waals surface area contributed by atoms with Crippen LogP contribution in [0.15, 0.2) is 24.3 Å². The highest BCUT2D eigenvalue weighted by atomic mass is 16.7. The molecule has 164 valence electrons. The number of hydrogen-bond acceptors (Lipinski definition) is 10. The van der Waals surface area contributed by atoms with Crippen LogP contribution in [-0.4, -0.2) is 61.7 Å². The van der Waals surface area contributed by atoms with Gasteiger partial charge in [-0.05, 0) is 25.1 Å². The molecule has 0 bridgehead atoms. The van der Waals surface area contributed by atoms with Crippen molar-refractivity contribution in [1.29, 1.82) is 0 Å². The molecule has 1 fully saturated rings. The van der Waals surface area contributed by atoms with Gasteiger partial charge < -0.3 is 28.4 Å². The second-order valence-corrected chi connectivity index (χ2v) is 6.36. The average Bonchev–Trinajstić information content (AvgIpc) is 2.65. The van der Waals surface area contributed by atoms with E-state index in [0.717, 1.165) is 0 Å². The summed E-state index contributed by atoms with van der Waals surface area (Å²) in [5, 5.41) is 0. The standard InChI is InChI=1S/C20H24O10/c1-5-25-19(24)14-7-6-8-15(9-14)30-20-18(29-13(4)23)17(28-12(3)22)16(10-26-20)27-11(2)21/h6-9,16-18,20H,5,10H2,1-4H3/t16-,17+,18-,20+/m1/s1. The second kappa shape index (κ2) is 10.6. The van der Waals surface area contributed by atoms with Gasteiger partial charge in [-0.25, -0.2) is 4.79 Å². The third-order valence-corrected chi connectivity index (χ3v) is 3.90. The Kier molecular flexibility index (Phi) is 8.16. The molecule has 0 aromatic heterocycles. The molecule has 10 heteroatoms. The first kappa shape index (κ1) is 23.1. The summed E-state index contributed by atoms with van der Waals surface area (Å²) in [6, 6.07) is 6.13. The van der Waals surface area contributed by atoms with Gasteiger partial charge in [-0.15, -0.1) is 0 Å². The Morgan fingerprint density at radius 1 is 0.967 bits per heavy atom. The Labute approximate surface area is 173 Å². The Hall–Kier alpha value is -3.14. The van der Waals surface area contributed by atoms with Gasteiger partial charge >= 0.3 is 23.9 Å². The normalized spacial score (nSPS) is 23.1. The third-order valence-electron chi connectivity index (χ3n) is 3.90. The highest BCUT2D eigenvalue weighted by Crippen LogP contribution is 2.27. The Morgan fingerprint density at radius 3 is 2.20 bits per heavy atom. The van der Waals surface area contributed by atoms with Crippen LogP contribution in [0.2, 0.25) is 0 Å². The fourth-order valence-electron chi connectivity index (χ4n) is 2.85. The maximum Gasteiger partial charge on any atom is 0.338 e. The zero-order valence-corrected chi connectivity index (χ0v) is 17.1. The third kappa shape index (κ3) is 6.45. The van der Waals surface area contributed by atoms with Crippen molar-refractivity contribution in [1.82, 2.24) is 0 Å². The number of ether oxygens (including phenoxy) is 6. The van der Waals surface area contributed by atoms with Crippen LogP contribution in [0.5, 0.6) is 5.75 Å². The van der Waals surface area contributed by atoms with Crippen molar-refractivity contribution in [3.05, 3.63) is 29.8 Å². The quantitative estimate of drug-likeness (QED) is 0.468. The van der Waals surface area contributed by atoms with E-state index in [1.165, 1.54) is 26.8 Å². The molecule has 1 aliphatic heterocycles. The Morgan fingerprint density at radius 2 is 1.60 bits per heavy atom. The van der Waals surface area contributed by atoms with E-state index in [9.17, 15) is 19.2 Å². The van der Waals surface area contributed by atoms with Crippen LogP contribution in [0.3, 0.4) is 0 Å². The largest absolute Gasteiger partial charge is 0.462 e. The van der Waals surface area contributed by atoms with Crippen LogP contribution in [0.25, 0.3) is 0 Å². The lowest BCUT2D eigenvalue weighted by molar-refractivity contribution is -0.259. The molecule has 1 saturated heterocycles. The first-order valence-corrected chi connectivity index (χ1v) is 9.28. The summed E-state index contributed by atoms with van der Waals surface area (Å²) in [5.41, 5.74) is 0.253. The van der Waals surface area contributed by atoms with E-state index in [1.54, 1.807) is 25.1 Å². The van der Waals surface area contributed by atoms with Gasteiger partial charge in [0.15, 0.2) is 12.2 Å². The zero-order valence-electron chi connectivity index (χ0n) is 17.1. The van der Waals surface area contributed by atoms with Crippen LogP contribution < -0.4 is 4.74 Å². The smallest absolute Gasteiger partial charge is 0.338 e. The minimum atomic E-state index is -1.23. The van der Waals surface area contributed by atoms with E-state index >= 15 is 0 Å². The topological polar surface area (TPSA) is 124 Å². The first-order valence-electron chi connectivity index (χ1n) is 9.28. The lowest BCUT2D eigenvalue weighted by Crippen LogP contribution is -2.59. The zero-order chi connectivity index (χ0) is 22.3. The fraction of sp³-hybridized carbons (Fsp3) is 0.500. The lowest BCUT2D eigenvalue weighted by atomic mass is 10.0. The molecular weight excluding hydrogens is 400 g/mol. The molecule has 0 spiro atoms. The van der Waals surface area contributed by atoms with Crippen molar-refractivity contribution in [3.8, 4) is 5.75 Å². The van der Waals surface area contributed by atoms with Gasteiger partial charge in [-0.1, -0.05) is 6.07 Å². The van der Waals surface area contributed by atoms with Crippen LogP contribution in [-0.2, 0) is 38.1 Å². The molecular formula is C20H24O10. The molecule has 0 amide bonds. The molecule has 0 aliphatic carbocycles. The van der Waals surface area contributed by atoms with Gasteiger partial charge in [0.05, 0.1) is 18.8 Å². The first-order chi connectivity index (χ1) is 14.2. The number of benzene rings is 1. The van der Waals surface area contributed by atoms with E-state index in [4.69, 9.17) is 28.4 Å². The fourth-order valence-corrected chi connectivity index (χ4v) is 2.85. The molecule has 10 nitrogen and oxygen atoms in total. The van der Waals surface area contributed by atoms with Gasteiger partial charge in [0.25, 0.3) is 0 Å². The van der Waals surface area contributed by atoms with Crippen molar-refractivity contribution < 1.29 is 47.6 Å². The van der Waals surface area contributed by atoms with Gasteiger partial charge in [0.2, 0.25) is 12.4 Å². The second-order valence-electron chi connectivity index (χ2n) is 6.36. The van der Waals surface area contributed by atoms with Crippen molar-refractivity contribution in [2.75, 3.05) is 13.2 Å². The van der Waals surface area contributed by atoms with Crippen LogP contribution in [0, 0.1) is 0 Å². The summed E-state index contributed by atoms with van der Waals surface area (Å²) in [7, 11) is 0. The lowest BCUT2D eigenvalue weighted by Gasteiger charge is -2.40. The SMILES string of the molecule is CCOC(=O)c1cccc(O[C@@H]2OC[C@@H](OC(C)=O)[C@H](OC(C)=O)[C@H]2OC(C)=O)c1. The maximum atomic E-state index is 11.9.